The van der Waals surface area contributed by atoms with Crippen LogP contribution in [0.25, 0.3) is 28.3 Å². The zero-order valence-corrected chi connectivity index (χ0v) is 46.9. The molecule has 0 saturated heterocycles. The molecule has 3 aromatic carbocycles. The molecule has 12 rings (SSSR count). The number of carbonyl (C=O) groups is 3. The number of fused-ring (bicyclic) bond motifs is 3. The summed E-state index contributed by atoms with van der Waals surface area (Å²) < 4.78 is 132. The van der Waals surface area contributed by atoms with Gasteiger partial charge < -0.3 is 30.9 Å². The summed E-state index contributed by atoms with van der Waals surface area (Å²) >= 11 is 0. The summed E-state index contributed by atoms with van der Waals surface area (Å²) in [5.74, 6) is -4.66. The molecule has 0 saturated carbocycles. The fourth-order valence-corrected chi connectivity index (χ4v) is 10.4. The van der Waals surface area contributed by atoms with Gasteiger partial charge in [-0.25, -0.2) is 24.5 Å². The van der Waals surface area contributed by atoms with Crippen molar-refractivity contribution in [2.24, 2.45) is 0 Å². The minimum absolute atomic E-state index is 0.00746. The number of pyridine rings is 3. The fraction of sp³-hybridized carbons (Fsp3) is 0.115. The molecular weight excluding hydrogens is 1210 g/mol. The lowest BCUT2D eigenvalue weighted by atomic mass is 10.0. The van der Waals surface area contributed by atoms with Crippen LogP contribution in [0.1, 0.15) is 55.4 Å². The van der Waals surface area contributed by atoms with Crippen LogP contribution in [-0.2, 0) is 35.0 Å². The lowest BCUT2D eigenvalue weighted by Crippen LogP contribution is -2.41. The van der Waals surface area contributed by atoms with Crippen molar-refractivity contribution in [3.05, 3.63) is 250 Å². The number of benzene rings is 3. The number of aliphatic hydroxyl groups excluding tert-OH is 2. The van der Waals surface area contributed by atoms with Crippen molar-refractivity contribution in [3.63, 3.8) is 0 Å². The molecule has 0 unspecified atom stereocenters. The second kappa shape index (κ2) is 23.0. The third-order valence-electron chi connectivity index (χ3n) is 14.3. The van der Waals surface area contributed by atoms with E-state index < -0.39 is 76.5 Å². The maximum Gasteiger partial charge on any atom is 0.573 e. The first-order chi connectivity index (χ1) is 43.3. The number of halogens is 9. The molecule has 4 aliphatic rings. The lowest BCUT2D eigenvalue weighted by Gasteiger charge is -2.31. The number of alkyl halides is 9. The largest absolute Gasteiger partial charge is 0.573 e. The van der Waals surface area contributed by atoms with Gasteiger partial charge in [0.2, 0.25) is 11.8 Å². The summed E-state index contributed by atoms with van der Waals surface area (Å²) in [4.78, 5) is 62.5. The Bertz CT molecular complexity index is 4520. The van der Waals surface area contributed by atoms with Crippen molar-refractivity contribution >= 4 is 52.0 Å². The van der Waals surface area contributed by atoms with Crippen LogP contribution in [-0.4, -0.2) is 83.7 Å². The van der Waals surface area contributed by atoms with Gasteiger partial charge in [0.05, 0.1) is 53.2 Å². The molecule has 0 bridgehead atoms. The standard InChI is InChI=1S/C61H44F9N15O6/c1-32-26-35(21-23-71-32)76-55(87)52-57(89)81(50-19-16-43(79-84(50)52)38-9-3-6-12-41(38)59(62,63)64)30-34-25-33(2)74-48(27-34)77-56(88)53-58(90)82(51-20-17-44(80-85(51)53)39-10-4-7-13-42(39)60(65,66)67)31-37-28-36(22-24-72-37)75-54(86)46-29-73-49-18-15-45(78-83(46)49)40-11-5-8-14-47(40)91-61(68,69)70/h3-29,79-80,89-90H,30-31H2,1-2H3,(H,71,76,87)(H,72,75,86)(H,74,77,88). The van der Waals surface area contributed by atoms with E-state index in [1.54, 1.807) is 26.0 Å². The first kappa shape index (κ1) is 59.5. The highest BCUT2D eigenvalue weighted by Crippen LogP contribution is 2.42. The summed E-state index contributed by atoms with van der Waals surface area (Å²) in [6.45, 7) is 2.63. The Hall–Kier alpha value is -11.9. The number of aromatic nitrogens is 6. The summed E-state index contributed by atoms with van der Waals surface area (Å²) in [5.41, 5.74) is 3.71. The molecule has 7 N–H and O–H groups in total. The van der Waals surface area contributed by atoms with Gasteiger partial charge in [0, 0.05) is 51.8 Å². The Kier molecular flexibility index (Phi) is 15.0. The molecule has 91 heavy (non-hydrogen) atoms. The maximum absolute atomic E-state index is 14.8. The van der Waals surface area contributed by atoms with Crippen molar-refractivity contribution in [1.29, 1.82) is 0 Å². The molecule has 0 aliphatic carbocycles. The SMILES string of the molecule is Cc1cc(NC(=O)C2=C(O)N(Cc3cc(C)nc(NC(=O)C4=C(O)N(Cc5cc(NC(=O)c6cnc7ccc(-c8ccccc8OC(F)(F)F)nn67)ccn5)C5=CC=C(c6ccccc6C(F)(F)F)NN54)c3)C3=CC=C(c4ccccc4C(F)(F)F)NN32)ccn1. The number of nitrogens with zero attached hydrogens (tertiary/aromatic N) is 10. The molecule has 0 radical (unpaired) electrons. The Balaban J connectivity index is 0.839. The van der Waals surface area contributed by atoms with Crippen LogP contribution in [0, 0.1) is 13.8 Å². The number of nitrogens with one attached hydrogen (secondary N) is 5. The molecule has 3 amide bonds. The van der Waals surface area contributed by atoms with Crippen molar-refractivity contribution in [2.45, 2.75) is 45.7 Å². The zero-order valence-electron chi connectivity index (χ0n) is 46.9. The van der Waals surface area contributed by atoms with E-state index in [0.29, 0.717) is 11.3 Å². The predicted molar refractivity (Wildman–Crippen MR) is 308 cm³/mol. The van der Waals surface area contributed by atoms with Crippen LogP contribution in [0.2, 0.25) is 0 Å². The molecule has 9 heterocycles. The second-order valence-electron chi connectivity index (χ2n) is 20.5. The predicted octanol–water partition coefficient (Wildman–Crippen LogP) is 11.2. The van der Waals surface area contributed by atoms with E-state index in [0.717, 1.165) is 32.7 Å². The molecule has 21 nitrogen and oxygen atoms in total. The maximum atomic E-state index is 14.8. The Morgan fingerprint density at radius 1 is 0.571 bits per heavy atom. The van der Waals surface area contributed by atoms with Gasteiger partial charge >= 0.3 is 18.7 Å². The van der Waals surface area contributed by atoms with E-state index >= 15 is 0 Å². The number of ether oxygens (including phenoxy) is 1. The van der Waals surface area contributed by atoms with E-state index in [1.807, 2.05) is 0 Å². The van der Waals surface area contributed by atoms with E-state index in [-0.39, 0.29) is 98.4 Å². The number of aliphatic hydroxyl groups is 2. The van der Waals surface area contributed by atoms with Crippen LogP contribution in [0.15, 0.2) is 199 Å². The minimum atomic E-state index is -5.01. The van der Waals surface area contributed by atoms with Gasteiger partial charge in [0.25, 0.3) is 17.7 Å². The van der Waals surface area contributed by atoms with Crippen molar-refractivity contribution in [2.75, 3.05) is 16.0 Å². The number of rotatable bonds is 14. The van der Waals surface area contributed by atoms with Gasteiger partial charge in [-0.1, -0.05) is 48.5 Å². The number of amides is 3. The van der Waals surface area contributed by atoms with Crippen molar-refractivity contribution in [1.82, 2.24) is 60.2 Å². The molecule has 8 aromatic rings. The van der Waals surface area contributed by atoms with Gasteiger partial charge in [0.15, 0.2) is 22.7 Å². The van der Waals surface area contributed by atoms with Crippen LogP contribution in [0.3, 0.4) is 0 Å². The average molecular weight is 1250 g/mol. The normalized spacial score (nSPS) is 14.9. The average Bonchev–Trinajstić information content (AvgIpc) is 1.64. The number of anilines is 3. The molecule has 5 aromatic heterocycles. The monoisotopic (exact) mass is 1250 g/mol. The third-order valence-corrected chi connectivity index (χ3v) is 14.3. The van der Waals surface area contributed by atoms with Gasteiger partial charge in [-0.05, 0) is 117 Å². The van der Waals surface area contributed by atoms with Crippen molar-refractivity contribution in [3.8, 4) is 17.0 Å². The Morgan fingerprint density at radius 2 is 1.12 bits per heavy atom. The first-order valence-electron chi connectivity index (χ1n) is 27.1. The smallest absolute Gasteiger partial charge is 0.493 e. The quantitative estimate of drug-likeness (QED) is 0.0501. The molecule has 30 heteroatoms. The summed E-state index contributed by atoms with van der Waals surface area (Å²) in [5, 5.41) is 38.8. The molecular formula is C61H44F9N15O6. The van der Waals surface area contributed by atoms with Crippen LogP contribution in [0.5, 0.6) is 5.75 Å². The van der Waals surface area contributed by atoms with E-state index in [9.17, 15) is 64.1 Å². The first-order valence-corrected chi connectivity index (χ1v) is 27.1. The number of carbonyl (C=O) groups excluding carboxylic acids is 3. The highest BCUT2D eigenvalue weighted by molar-refractivity contribution is 6.05. The molecule has 0 fully saturated rings. The molecule has 4 aliphatic heterocycles. The van der Waals surface area contributed by atoms with Gasteiger partial charge in [-0.3, -0.25) is 45.0 Å². The van der Waals surface area contributed by atoms with Crippen LogP contribution >= 0.6 is 0 Å². The number of allylic oxidation sites excluding steroid dienone is 4. The number of hydrogen-bond donors (Lipinski definition) is 7. The van der Waals surface area contributed by atoms with E-state index in [1.165, 1.54) is 144 Å². The van der Waals surface area contributed by atoms with Gasteiger partial charge in [-0.15, -0.1) is 13.2 Å². The van der Waals surface area contributed by atoms with E-state index in [4.69, 9.17) is 0 Å². The highest BCUT2D eigenvalue weighted by Gasteiger charge is 2.44. The third kappa shape index (κ3) is 12.0. The molecule has 0 atom stereocenters. The molecule has 462 valence electrons. The zero-order chi connectivity index (χ0) is 64.3. The number of hydrogen-bond acceptors (Lipinski definition) is 17. The second-order valence-corrected chi connectivity index (χ2v) is 20.5. The number of imidazole rings is 1. The van der Waals surface area contributed by atoms with Crippen molar-refractivity contribution < 1.29 is 68.8 Å². The molecule has 0 spiro atoms. The fourth-order valence-electron chi connectivity index (χ4n) is 10.4. The summed E-state index contributed by atoms with van der Waals surface area (Å²) in [6.07, 6.45) is -5.27. The Morgan fingerprint density at radius 3 is 1.73 bits per heavy atom. The topological polar surface area (TPSA) is 243 Å². The lowest BCUT2D eigenvalue weighted by molar-refractivity contribution is -0.274. The van der Waals surface area contributed by atoms with Gasteiger partial charge in [0.1, 0.15) is 23.2 Å². The van der Waals surface area contributed by atoms with E-state index in [2.05, 4.69) is 56.6 Å². The number of hydrazine groups is 2. The summed E-state index contributed by atoms with van der Waals surface area (Å²) in [6, 6.07) is 26.4. The minimum Gasteiger partial charge on any atom is -0.493 e. The van der Waals surface area contributed by atoms with Gasteiger partial charge in [-0.2, -0.15) is 31.4 Å². The number of para-hydroxylation sites is 1. The highest BCUT2D eigenvalue weighted by atomic mass is 19.4. The van der Waals surface area contributed by atoms with Crippen LogP contribution in [0.4, 0.5) is 56.7 Å². The Labute approximate surface area is 507 Å². The number of aryl methyl sites for hydroxylation is 2. The van der Waals surface area contributed by atoms with Crippen LogP contribution < -0.4 is 31.5 Å². The summed E-state index contributed by atoms with van der Waals surface area (Å²) in [7, 11) is 0.